The molecule has 84 valence electrons. The molecule has 0 aliphatic rings. The normalized spacial score (nSPS) is 16.8. The first kappa shape index (κ1) is 12.3. The minimum Gasteiger partial charge on any atom is -0.320 e. The molecule has 1 aromatic carbocycles. The van der Waals surface area contributed by atoms with Crippen LogP contribution in [0.2, 0.25) is 0 Å². The quantitative estimate of drug-likeness (QED) is 0.780. The lowest BCUT2D eigenvalue weighted by atomic mass is 9.99. The molecule has 0 saturated carbocycles. The lowest BCUT2D eigenvalue weighted by Gasteiger charge is -2.37. The van der Waals surface area contributed by atoms with Gasteiger partial charge in [0.05, 0.1) is 0 Å². The van der Waals surface area contributed by atoms with Gasteiger partial charge in [0.25, 0.3) is 0 Å². The van der Waals surface area contributed by atoms with Crippen molar-refractivity contribution in [3.63, 3.8) is 0 Å². The van der Waals surface area contributed by atoms with Crippen molar-refractivity contribution in [3.05, 3.63) is 48.6 Å². The minimum atomic E-state index is -0.756. The van der Waals surface area contributed by atoms with E-state index in [1.165, 1.54) is 5.56 Å². The number of hydrogen-bond acceptors (Lipinski definition) is 1. The second-order valence-electron chi connectivity index (χ2n) is 4.57. The molecule has 0 amide bonds. The Kier molecular flexibility index (Phi) is 4.00. The highest BCUT2D eigenvalue weighted by Gasteiger charge is 2.24. The van der Waals surface area contributed by atoms with E-state index in [4.69, 9.17) is 5.73 Å². The Balaban J connectivity index is 2.95. The first-order chi connectivity index (χ1) is 6.96. The summed E-state index contributed by atoms with van der Waals surface area (Å²) in [7, 11) is -0.756. The Labute approximate surface area is 94.7 Å². The van der Waals surface area contributed by atoms with Gasteiger partial charge in [-0.3, -0.25) is 0 Å². The van der Waals surface area contributed by atoms with Crippen LogP contribution < -0.4 is 5.73 Å². The second-order valence-corrected chi connectivity index (χ2v) is 8.98. The van der Waals surface area contributed by atoms with Crippen LogP contribution in [0, 0.1) is 0 Å². The standard InChI is InChI=1S/C13H21NS/c1-5-12(13(14)15(2,3)4)11-9-7-6-8-10-11/h5-10,12-13H,1,14H2,2-4H3/t12-,13-/m1/s1. The van der Waals surface area contributed by atoms with Gasteiger partial charge in [0.15, 0.2) is 0 Å². The molecule has 0 heterocycles. The zero-order valence-electron chi connectivity index (χ0n) is 9.81. The van der Waals surface area contributed by atoms with Crippen molar-refractivity contribution in [1.82, 2.24) is 0 Å². The van der Waals surface area contributed by atoms with Crippen LogP contribution in [0.25, 0.3) is 0 Å². The smallest absolute Gasteiger partial charge is 0.0450 e. The highest BCUT2D eigenvalue weighted by atomic mass is 32.3. The maximum atomic E-state index is 6.30. The molecule has 0 aliphatic heterocycles. The Morgan fingerprint density at radius 2 is 1.73 bits per heavy atom. The lowest BCUT2D eigenvalue weighted by molar-refractivity contribution is 0.789. The molecule has 0 bridgehead atoms. The molecule has 1 rings (SSSR count). The van der Waals surface area contributed by atoms with E-state index in [9.17, 15) is 0 Å². The first-order valence-electron chi connectivity index (χ1n) is 5.07. The van der Waals surface area contributed by atoms with Gasteiger partial charge in [0.1, 0.15) is 0 Å². The first-order valence-corrected chi connectivity index (χ1v) is 7.99. The molecular formula is C13H21NS. The summed E-state index contributed by atoms with van der Waals surface area (Å²) in [6, 6.07) is 10.4. The van der Waals surface area contributed by atoms with Crippen molar-refractivity contribution in [2.45, 2.75) is 11.3 Å². The molecule has 1 aromatic rings. The summed E-state index contributed by atoms with van der Waals surface area (Å²) in [4.78, 5) is 0. The van der Waals surface area contributed by atoms with Crippen molar-refractivity contribution >= 4 is 10.0 Å². The fourth-order valence-corrected chi connectivity index (χ4v) is 2.72. The highest BCUT2D eigenvalue weighted by molar-refractivity contribution is 8.32. The third kappa shape index (κ3) is 3.11. The van der Waals surface area contributed by atoms with Gasteiger partial charge >= 0.3 is 0 Å². The molecule has 0 aliphatic carbocycles. The van der Waals surface area contributed by atoms with Crippen LogP contribution in [0.5, 0.6) is 0 Å². The van der Waals surface area contributed by atoms with Crippen LogP contribution in [-0.2, 0) is 0 Å². The predicted octanol–water partition coefficient (Wildman–Crippen LogP) is 2.94. The van der Waals surface area contributed by atoms with Gasteiger partial charge in [0, 0.05) is 11.3 Å². The summed E-state index contributed by atoms with van der Waals surface area (Å²) < 4.78 is 0. The highest BCUT2D eigenvalue weighted by Crippen LogP contribution is 2.44. The minimum absolute atomic E-state index is 0.178. The van der Waals surface area contributed by atoms with E-state index in [2.05, 4.69) is 49.6 Å². The van der Waals surface area contributed by atoms with E-state index in [-0.39, 0.29) is 11.3 Å². The second kappa shape index (κ2) is 4.86. The van der Waals surface area contributed by atoms with E-state index in [0.29, 0.717) is 0 Å². The number of nitrogens with two attached hydrogens (primary N) is 1. The van der Waals surface area contributed by atoms with Crippen molar-refractivity contribution in [1.29, 1.82) is 0 Å². The molecule has 0 aromatic heterocycles. The van der Waals surface area contributed by atoms with Crippen molar-refractivity contribution in [2.24, 2.45) is 5.73 Å². The van der Waals surface area contributed by atoms with Gasteiger partial charge in [-0.15, -0.1) is 6.58 Å². The van der Waals surface area contributed by atoms with Gasteiger partial charge in [-0.2, -0.15) is 0 Å². The molecule has 15 heavy (non-hydrogen) atoms. The SMILES string of the molecule is C=C[C@H](c1ccccc1)[C@H](N)S(C)(C)C. The molecule has 1 nitrogen and oxygen atoms in total. The number of rotatable bonds is 4. The number of hydrogen-bond donors (Lipinski definition) is 1. The topological polar surface area (TPSA) is 26.0 Å². The maximum absolute atomic E-state index is 6.30. The maximum Gasteiger partial charge on any atom is 0.0450 e. The van der Waals surface area contributed by atoms with E-state index in [1.54, 1.807) is 0 Å². The van der Waals surface area contributed by atoms with Crippen molar-refractivity contribution in [2.75, 3.05) is 18.8 Å². The van der Waals surface area contributed by atoms with Crippen LogP contribution in [0.3, 0.4) is 0 Å². The molecule has 0 saturated heterocycles. The lowest BCUT2D eigenvalue weighted by Crippen LogP contribution is -2.31. The van der Waals surface area contributed by atoms with Crippen molar-refractivity contribution < 1.29 is 0 Å². The van der Waals surface area contributed by atoms with E-state index >= 15 is 0 Å². The summed E-state index contributed by atoms with van der Waals surface area (Å²) in [6.07, 6.45) is 8.71. The molecule has 0 spiro atoms. The number of benzene rings is 1. The zero-order chi connectivity index (χ0) is 11.5. The van der Waals surface area contributed by atoms with Gasteiger partial charge < -0.3 is 5.73 Å². The Morgan fingerprint density at radius 3 is 2.13 bits per heavy atom. The Morgan fingerprint density at radius 1 is 1.20 bits per heavy atom. The Bertz CT molecular complexity index is 313. The molecule has 2 N–H and O–H groups in total. The van der Waals surface area contributed by atoms with Crippen LogP contribution in [0.4, 0.5) is 0 Å². The average Bonchev–Trinajstić information content (AvgIpc) is 2.19. The molecule has 0 fully saturated rings. The average molecular weight is 223 g/mol. The monoisotopic (exact) mass is 223 g/mol. The largest absolute Gasteiger partial charge is 0.320 e. The molecule has 2 atom stereocenters. The summed E-state index contributed by atoms with van der Waals surface area (Å²) >= 11 is 0. The van der Waals surface area contributed by atoms with Crippen LogP contribution in [0.1, 0.15) is 11.5 Å². The van der Waals surface area contributed by atoms with Gasteiger partial charge in [-0.1, -0.05) is 36.4 Å². The summed E-state index contributed by atoms with van der Waals surface area (Å²) in [5.74, 6) is 0.265. The van der Waals surface area contributed by atoms with Crippen LogP contribution in [-0.4, -0.2) is 24.1 Å². The summed E-state index contributed by atoms with van der Waals surface area (Å²) in [5.41, 5.74) is 7.57. The summed E-state index contributed by atoms with van der Waals surface area (Å²) in [6.45, 7) is 3.91. The van der Waals surface area contributed by atoms with Gasteiger partial charge in [-0.05, 0) is 24.3 Å². The van der Waals surface area contributed by atoms with Crippen molar-refractivity contribution in [3.8, 4) is 0 Å². The predicted molar refractivity (Wildman–Crippen MR) is 72.7 cm³/mol. The van der Waals surface area contributed by atoms with Crippen LogP contribution in [0.15, 0.2) is 43.0 Å². The molecular weight excluding hydrogens is 202 g/mol. The third-order valence-corrected chi connectivity index (χ3v) is 4.54. The van der Waals surface area contributed by atoms with Crippen LogP contribution >= 0.6 is 10.0 Å². The van der Waals surface area contributed by atoms with Gasteiger partial charge in [0.2, 0.25) is 0 Å². The molecule has 0 radical (unpaired) electrons. The molecule has 2 heteroatoms. The Hall–Kier alpha value is -0.730. The summed E-state index contributed by atoms with van der Waals surface area (Å²) in [5, 5.41) is 0.178. The third-order valence-electron chi connectivity index (χ3n) is 2.61. The zero-order valence-corrected chi connectivity index (χ0v) is 10.6. The van der Waals surface area contributed by atoms with Gasteiger partial charge in [-0.25, -0.2) is 10.0 Å². The van der Waals surface area contributed by atoms with E-state index in [1.807, 2.05) is 12.1 Å². The van der Waals surface area contributed by atoms with E-state index < -0.39 is 10.0 Å². The van der Waals surface area contributed by atoms with E-state index in [0.717, 1.165) is 0 Å². The fourth-order valence-electron chi connectivity index (χ4n) is 1.57. The molecule has 0 unspecified atom stereocenters. The fraction of sp³-hybridized carbons (Fsp3) is 0.385.